The van der Waals surface area contributed by atoms with Gasteiger partial charge in [-0.05, 0) is 42.5 Å². The molecule has 0 radical (unpaired) electrons. The van der Waals surface area contributed by atoms with E-state index in [9.17, 15) is 4.79 Å². The molecule has 0 unspecified atom stereocenters. The molecule has 0 atom stereocenters. The molecule has 0 saturated heterocycles. The Labute approximate surface area is 122 Å². The highest BCUT2D eigenvalue weighted by atomic mass is 16.5. The number of anilines is 1. The highest BCUT2D eigenvalue weighted by Gasteiger charge is 2.09. The lowest BCUT2D eigenvalue weighted by Gasteiger charge is -2.05. The molecule has 2 rings (SSSR count). The fraction of sp³-hybridized carbons (Fsp3) is 0.0625. The zero-order chi connectivity index (χ0) is 15.1. The van der Waals surface area contributed by atoms with Gasteiger partial charge in [0, 0.05) is 11.9 Å². The molecule has 5 nitrogen and oxygen atoms in total. The van der Waals surface area contributed by atoms with Crippen molar-refractivity contribution in [1.29, 1.82) is 5.26 Å². The first kappa shape index (κ1) is 14.3. The summed E-state index contributed by atoms with van der Waals surface area (Å²) in [6.07, 6.45) is 3.04. The van der Waals surface area contributed by atoms with Crippen LogP contribution < -0.4 is 10.1 Å². The Bertz CT molecular complexity index is 686. The average Bonchev–Trinajstić information content (AvgIpc) is 2.54. The Hall–Kier alpha value is -3.13. The van der Waals surface area contributed by atoms with E-state index in [0.29, 0.717) is 17.1 Å². The van der Waals surface area contributed by atoms with Gasteiger partial charge in [-0.25, -0.2) is 0 Å². The summed E-state index contributed by atoms with van der Waals surface area (Å²) in [6.45, 7) is 0. The molecular formula is C16H13N3O2. The van der Waals surface area contributed by atoms with Crippen LogP contribution >= 0.6 is 0 Å². The van der Waals surface area contributed by atoms with Crippen LogP contribution in [0.15, 0.2) is 54.2 Å². The summed E-state index contributed by atoms with van der Waals surface area (Å²) in [6, 6.07) is 14.0. The number of aromatic nitrogens is 1. The standard InChI is InChI=1S/C16H13N3O2/c1-21-15-7-5-13(6-8-15)19-16(20)12(11-17)10-14-4-2-3-9-18-14/h2-10H,1H3,(H,19,20)/b12-10-. The minimum absolute atomic E-state index is 0.00971. The van der Waals surface area contributed by atoms with Crippen molar-refractivity contribution in [2.24, 2.45) is 0 Å². The van der Waals surface area contributed by atoms with Crippen LogP contribution in [0.3, 0.4) is 0 Å². The van der Waals surface area contributed by atoms with Gasteiger partial charge in [0.05, 0.1) is 12.8 Å². The monoisotopic (exact) mass is 279 g/mol. The summed E-state index contributed by atoms with van der Waals surface area (Å²) in [5, 5.41) is 11.7. The van der Waals surface area contributed by atoms with Crippen LogP contribution in [0.5, 0.6) is 5.75 Å². The minimum atomic E-state index is -0.478. The van der Waals surface area contributed by atoms with E-state index in [1.807, 2.05) is 6.07 Å². The summed E-state index contributed by atoms with van der Waals surface area (Å²) in [5.41, 5.74) is 1.13. The number of carbonyl (C=O) groups excluding carboxylic acids is 1. The van der Waals surface area contributed by atoms with Gasteiger partial charge in [-0.1, -0.05) is 6.07 Å². The van der Waals surface area contributed by atoms with Crippen LogP contribution in [0.2, 0.25) is 0 Å². The molecule has 0 bridgehead atoms. The zero-order valence-electron chi connectivity index (χ0n) is 11.4. The highest BCUT2D eigenvalue weighted by Crippen LogP contribution is 2.16. The summed E-state index contributed by atoms with van der Waals surface area (Å²) in [7, 11) is 1.57. The third-order valence-corrected chi connectivity index (χ3v) is 2.69. The van der Waals surface area contributed by atoms with Gasteiger partial charge in [-0.2, -0.15) is 5.26 Å². The van der Waals surface area contributed by atoms with Crippen molar-refractivity contribution in [3.63, 3.8) is 0 Å². The van der Waals surface area contributed by atoms with Gasteiger partial charge in [0.15, 0.2) is 0 Å². The average molecular weight is 279 g/mol. The fourth-order valence-corrected chi connectivity index (χ4v) is 1.63. The molecule has 0 fully saturated rings. The zero-order valence-corrected chi connectivity index (χ0v) is 11.4. The summed E-state index contributed by atoms with van der Waals surface area (Å²) in [5.74, 6) is 0.214. The number of rotatable bonds is 4. The summed E-state index contributed by atoms with van der Waals surface area (Å²) < 4.78 is 5.04. The van der Waals surface area contributed by atoms with Crippen molar-refractivity contribution < 1.29 is 9.53 Å². The number of ether oxygens (including phenoxy) is 1. The number of nitriles is 1. The van der Waals surface area contributed by atoms with Gasteiger partial charge in [-0.3, -0.25) is 9.78 Å². The Morgan fingerprint density at radius 3 is 2.62 bits per heavy atom. The number of nitrogens with one attached hydrogen (secondary N) is 1. The van der Waals surface area contributed by atoms with Crippen LogP contribution in [0, 0.1) is 11.3 Å². The van der Waals surface area contributed by atoms with E-state index in [1.165, 1.54) is 6.08 Å². The lowest BCUT2D eigenvalue weighted by molar-refractivity contribution is -0.112. The molecule has 2 aromatic rings. The maximum Gasteiger partial charge on any atom is 0.266 e. The lowest BCUT2D eigenvalue weighted by atomic mass is 10.2. The molecule has 0 aliphatic rings. The lowest BCUT2D eigenvalue weighted by Crippen LogP contribution is -2.13. The van der Waals surface area contributed by atoms with E-state index in [1.54, 1.807) is 55.8 Å². The van der Waals surface area contributed by atoms with Crippen LogP contribution in [0.4, 0.5) is 5.69 Å². The summed E-state index contributed by atoms with van der Waals surface area (Å²) >= 11 is 0. The molecular weight excluding hydrogens is 266 g/mol. The number of hydrogen-bond acceptors (Lipinski definition) is 4. The Kier molecular flexibility index (Phi) is 4.67. The Morgan fingerprint density at radius 2 is 2.05 bits per heavy atom. The van der Waals surface area contributed by atoms with Crippen LogP contribution in [0.1, 0.15) is 5.69 Å². The SMILES string of the molecule is COc1ccc(NC(=O)/C(C#N)=C\c2ccccn2)cc1. The molecule has 5 heteroatoms. The molecule has 1 aromatic carbocycles. The van der Waals surface area contributed by atoms with Gasteiger partial charge >= 0.3 is 0 Å². The van der Waals surface area contributed by atoms with E-state index < -0.39 is 5.91 Å². The third-order valence-electron chi connectivity index (χ3n) is 2.69. The van der Waals surface area contributed by atoms with Crippen molar-refractivity contribution in [1.82, 2.24) is 4.98 Å². The second-order valence-electron chi connectivity index (χ2n) is 4.11. The predicted molar refractivity (Wildman–Crippen MR) is 79.5 cm³/mol. The molecule has 1 heterocycles. The first-order valence-electron chi connectivity index (χ1n) is 6.21. The Balaban J connectivity index is 2.13. The minimum Gasteiger partial charge on any atom is -0.497 e. The number of amides is 1. The maximum absolute atomic E-state index is 12.0. The predicted octanol–water partition coefficient (Wildman–Crippen LogP) is 2.64. The number of pyridine rings is 1. The fourth-order valence-electron chi connectivity index (χ4n) is 1.63. The molecule has 0 aliphatic carbocycles. The molecule has 1 N–H and O–H groups in total. The third kappa shape index (κ3) is 3.91. The molecule has 0 saturated carbocycles. The quantitative estimate of drug-likeness (QED) is 0.689. The van der Waals surface area contributed by atoms with Crippen LogP contribution in [0.25, 0.3) is 6.08 Å². The number of carbonyl (C=O) groups is 1. The topological polar surface area (TPSA) is 75.0 Å². The van der Waals surface area contributed by atoms with Crippen molar-refractivity contribution in [2.45, 2.75) is 0 Å². The van der Waals surface area contributed by atoms with Crippen molar-refractivity contribution in [3.8, 4) is 11.8 Å². The highest BCUT2D eigenvalue weighted by molar-refractivity contribution is 6.09. The van der Waals surface area contributed by atoms with Crippen molar-refractivity contribution in [3.05, 3.63) is 59.9 Å². The van der Waals surface area contributed by atoms with Gasteiger partial charge in [0.1, 0.15) is 17.4 Å². The molecule has 21 heavy (non-hydrogen) atoms. The first-order valence-corrected chi connectivity index (χ1v) is 6.21. The van der Waals surface area contributed by atoms with E-state index >= 15 is 0 Å². The number of methoxy groups -OCH3 is 1. The molecule has 0 spiro atoms. The largest absolute Gasteiger partial charge is 0.497 e. The summed E-state index contributed by atoms with van der Waals surface area (Å²) in [4.78, 5) is 16.1. The van der Waals surface area contributed by atoms with Crippen LogP contribution in [-0.2, 0) is 4.79 Å². The van der Waals surface area contributed by atoms with Crippen LogP contribution in [-0.4, -0.2) is 18.0 Å². The maximum atomic E-state index is 12.0. The van der Waals surface area contributed by atoms with Crippen molar-refractivity contribution in [2.75, 3.05) is 12.4 Å². The van der Waals surface area contributed by atoms with Gasteiger partial charge in [0.25, 0.3) is 5.91 Å². The molecule has 1 amide bonds. The molecule has 1 aromatic heterocycles. The van der Waals surface area contributed by atoms with Crippen molar-refractivity contribution >= 4 is 17.7 Å². The van der Waals surface area contributed by atoms with Gasteiger partial charge in [0.2, 0.25) is 0 Å². The first-order chi connectivity index (χ1) is 10.2. The number of benzene rings is 1. The van der Waals surface area contributed by atoms with Gasteiger partial charge < -0.3 is 10.1 Å². The van der Waals surface area contributed by atoms with Gasteiger partial charge in [-0.15, -0.1) is 0 Å². The second kappa shape index (κ2) is 6.87. The molecule has 104 valence electrons. The Morgan fingerprint density at radius 1 is 1.29 bits per heavy atom. The smallest absolute Gasteiger partial charge is 0.266 e. The molecule has 0 aliphatic heterocycles. The van der Waals surface area contributed by atoms with E-state index in [4.69, 9.17) is 10.00 Å². The number of nitrogens with zero attached hydrogens (tertiary/aromatic N) is 2. The second-order valence-corrected chi connectivity index (χ2v) is 4.11. The normalized spacial score (nSPS) is 10.6. The van der Waals surface area contributed by atoms with E-state index in [-0.39, 0.29) is 5.57 Å². The van der Waals surface area contributed by atoms with E-state index in [0.717, 1.165) is 0 Å². The van der Waals surface area contributed by atoms with E-state index in [2.05, 4.69) is 10.3 Å². The number of hydrogen-bond donors (Lipinski definition) is 1.